The molecule has 1 N–H and O–H groups in total. The van der Waals surface area contributed by atoms with Gasteiger partial charge in [-0.15, -0.1) is 0 Å². The van der Waals surface area contributed by atoms with Gasteiger partial charge in [0.25, 0.3) is 0 Å². The van der Waals surface area contributed by atoms with Gasteiger partial charge >= 0.3 is 0 Å². The zero-order valence-electron chi connectivity index (χ0n) is 14.4. The molecule has 0 bridgehead atoms. The lowest BCUT2D eigenvalue weighted by molar-refractivity contribution is -0.135. The topological polar surface area (TPSA) is 53.0 Å². The fourth-order valence-corrected chi connectivity index (χ4v) is 3.00. The van der Waals surface area contributed by atoms with Crippen LogP contribution in [-0.2, 0) is 16.0 Å². The number of morpholine rings is 1. The van der Waals surface area contributed by atoms with E-state index in [0.29, 0.717) is 31.7 Å². The van der Waals surface area contributed by atoms with Crippen molar-refractivity contribution in [3.8, 4) is 0 Å². The average molecular weight is 338 g/mol. The van der Waals surface area contributed by atoms with Crippen molar-refractivity contribution in [3.63, 3.8) is 0 Å². The number of carbonyl (C=O) groups is 1. The fraction of sp³-hybridized carbons (Fsp3) is 0.611. The predicted molar refractivity (Wildman–Crippen MR) is 90.2 cm³/mol. The van der Waals surface area contributed by atoms with Gasteiger partial charge in [-0.05, 0) is 18.1 Å². The predicted octanol–water partition coefficient (Wildman–Crippen LogP) is 1.16. The third-order valence-corrected chi connectivity index (χ3v) is 4.34. The SMILES string of the molecule is CC(Cc1ccccc1F)C(=O)N(C)CC(O)CN1CCOCC1. The Morgan fingerprint density at radius 2 is 2.04 bits per heavy atom. The maximum absolute atomic E-state index is 13.7. The molecule has 1 aliphatic heterocycles. The monoisotopic (exact) mass is 338 g/mol. The molecule has 2 unspecified atom stereocenters. The molecule has 2 atom stereocenters. The second-order valence-electron chi connectivity index (χ2n) is 6.48. The molecule has 0 aromatic heterocycles. The number of likely N-dealkylation sites (N-methyl/N-ethyl adjacent to an activating group) is 1. The maximum atomic E-state index is 13.7. The van der Waals surface area contributed by atoms with E-state index in [1.807, 2.05) is 0 Å². The number of carbonyl (C=O) groups excluding carboxylic acids is 1. The molecule has 6 heteroatoms. The molecule has 0 aliphatic carbocycles. The van der Waals surface area contributed by atoms with Crippen LogP contribution in [0.1, 0.15) is 12.5 Å². The molecule has 1 saturated heterocycles. The molecule has 5 nitrogen and oxygen atoms in total. The van der Waals surface area contributed by atoms with Crippen molar-refractivity contribution >= 4 is 5.91 Å². The number of nitrogens with zero attached hydrogens (tertiary/aromatic N) is 2. The normalized spacial score (nSPS) is 18.2. The van der Waals surface area contributed by atoms with Crippen LogP contribution in [-0.4, -0.2) is 73.4 Å². The van der Waals surface area contributed by atoms with Crippen LogP contribution in [0, 0.1) is 11.7 Å². The summed E-state index contributed by atoms with van der Waals surface area (Å²) < 4.78 is 19.0. The van der Waals surface area contributed by atoms with E-state index < -0.39 is 6.10 Å². The Kier molecular flexibility index (Phi) is 7.15. The van der Waals surface area contributed by atoms with Gasteiger partial charge in [-0.1, -0.05) is 25.1 Å². The molecule has 1 amide bonds. The van der Waals surface area contributed by atoms with E-state index in [9.17, 15) is 14.3 Å². The van der Waals surface area contributed by atoms with Crippen LogP contribution in [0.15, 0.2) is 24.3 Å². The summed E-state index contributed by atoms with van der Waals surface area (Å²) >= 11 is 0. The highest BCUT2D eigenvalue weighted by atomic mass is 19.1. The van der Waals surface area contributed by atoms with E-state index in [1.54, 1.807) is 32.2 Å². The molecule has 24 heavy (non-hydrogen) atoms. The largest absolute Gasteiger partial charge is 0.390 e. The Bertz CT molecular complexity index is 535. The first-order chi connectivity index (χ1) is 11.5. The highest BCUT2D eigenvalue weighted by Crippen LogP contribution is 2.14. The van der Waals surface area contributed by atoms with Gasteiger partial charge < -0.3 is 14.7 Å². The van der Waals surface area contributed by atoms with E-state index in [4.69, 9.17) is 4.74 Å². The summed E-state index contributed by atoms with van der Waals surface area (Å²) in [6.45, 7) is 5.57. The van der Waals surface area contributed by atoms with E-state index in [2.05, 4.69) is 4.90 Å². The number of rotatable bonds is 7. The van der Waals surface area contributed by atoms with Crippen LogP contribution in [0.5, 0.6) is 0 Å². The Morgan fingerprint density at radius 1 is 1.38 bits per heavy atom. The molecule has 1 fully saturated rings. The van der Waals surface area contributed by atoms with Crippen molar-refractivity contribution in [2.75, 3.05) is 46.4 Å². The number of aliphatic hydroxyl groups excluding tert-OH is 1. The smallest absolute Gasteiger partial charge is 0.225 e. The van der Waals surface area contributed by atoms with E-state index in [0.717, 1.165) is 13.1 Å². The molecule has 0 radical (unpaired) electrons. The highest BCUT2D eigenvalue weighted by molar-refractivity contribution is 5.78. The molecule has 1 aromatic rings. The van der Waals surface area contributed by atoms with Crippen LogP contribution in [0.25, 0.3) is 0 Å². The quantitative estimate of drug-likeness (QED) is 0.811. The lowest BCUT2D eigenvalue weighted by Gasteiger charge is -2.30. The first-order valence-corrected chi connectivity index (χ1v) is 8.44. The molecule has 1 aromatic carbocycles. The third kappa shape index (κ3) is 5.54. The Labute approximate surface area is 143 Å². The Hall–Kier alpha value is -1.50. The lowest BCUT2D eigenvalue weighted by Crippen LogP contribution is -2.45. The van der Waals surface area contributed by atoms with Crippen molar-refractivity contribution in [1.29, 1.82) is 0 Å². The molecular formula is C18H27FN2O3. The number of hydrogen-bond donors (Lipinski definition) is 1. The Morgan fingerprint density at radius 3 is 2.71 bits per heavy atom. The van der Waals surface area contributed by atoms with Crippen LogP contribution >= 0.6 is 0 Å². The summed E-state index contributed by atoms with van der Waals surface area (Å²) in [5.41, 5.74) is 0.542. The zero-order valence-corrected chi connectivity index (χ0v) is 14.4. The van der Waals surface area contributed by atoms with Crippen LogP contribution in [0.4, 0.5) is 4.39 Å². The number of aliphatic hydroxyl groups is 1. The van der Waals surface area contributed by atoms with Gasteiger partial charge in [0.1, 0.15) is 5.82 Å². The molecule has 0 spiro atoms. The van der Waals surface area contributed by atoms with Crippen molar-refractivity contribution in [1.82, 2.24) is 9.80 Å². The number of halogens is 1. The van der Waals surface area contributed by atoms with Gasteiger partial charge in [0.05, 0.1) is 19.3 Å². The fourth-order valence-electron chi connectivity index (χ4n) is 3.00. The molecule has 1 aliphatic rings. The summed E-state index contributed by atoms with van der Waals surface area (Å²) in [7, 11) is 1.68. The maximum Gasteiger partial charge on any atom is 0.225 e. The van der Waals surface area contributed by atoms with Gasteiger partial charge in [-0.25, -0.2) is 4.39 Å². The van der Waals surface area contributed by atoms with Crippen LogP contribution in [0.3, 0.4) is 0 Å². The van der Waals surface area contributed by atoms with Gasteiger partial charge in [0, 0.05) is 39.1 Å². The molecule has 1 heterocycles. The lowest BCUT2D eigenvalue weighted by atomic mass is 9.99. The van der Waals surface area contributed by atoms with Gasteiger partial charge in [0.15, 0.2) is 0 Å². The highest BCUT2D eigenvalue weighted by Gasteiger charge is 2.22. The zero-order chi connectivity index (χ0) is 17.5. The molecule has 134 valence electrons. The second-order valence-corrected chi connectivity index (χ2v) is 6.48. The summed E-state index contributed by atoms with van der Waals surface area (Å²) in [5, 5.41) is 10.2. The molecular weight excluding hydrogens is 311 g/mol. The summed E-state index contributed by atoms with van der Waals surface area (Å²) in [6, 6.07) is 6.51. The van der Waals surface area contributed by atoms with Crippen molar-refractivity contribution in [2.45, 2.75) is 19.4 Å². The van der Waals surface area contributed by atoms with E-state index >= 15 is 0 Å². The second kappa shape index (κ2) is 9.11. The van der Waals surface area contributed by atoms with Gasteiger partial charge in [-0.2, -0.15) is 0 Å². The number of amides is 1. The van der Waals surface area contributed by atoms with Gasteiger partial charge in [-0.3, -0.25) is 9.69 Å². The average Bonchev–Trinajstić information content (AvgIpc) is 2.57. The van der Waals surface area contributed by atoms with Crippen molar-refractivity contribution in [3.05, 3.63) is 35.6 Å². The first-order valence-electron chi connectivity index (χ1n) is 8.44. The summed E-state index contributed by atoms with van der Waals surface area (Å²) in [4.78, 5) is 16.1. The van der Waals surface area contributed by atoms with E-state index in [-0.39, 0.29) is 24.2 Å². The van der Waals surface area contributed by atoms with Crippen LogP contribution in [0.2, 0.25) is 0 Å². The third-order valence-electron chi connectivity index (χ3n) is 4.34. The van der Waals surface area contributed by atoms with Crippen LogP contribution < -0.4 is 0 Å². The number of benzene rings is 1. The van der Waals surface area contributed by atoms with Gasteiger partial charge in [0.2, 0.25) is 5.91 Å². The minimum absolute atomic E-state index is 0.0840. The number of hydrogen-bond acceptors (Lipinski definition) is 4. The van der Waals surface area contributed by atoms with E-state index in [1.165, 1.54) is 11.0 Å². The molecule has 0 saturated carbocycles. The first kappa shape index (κ1) is 18.8. The number of β-amino-alcohol motifs (C(OH)–C–C–N with tert-alkyl or cyclic N) is 1. The van der Waals surface area contributed by atoms with Crippen molar-refractivity contribution in [2.24, 2.45) is 5.92 Å². The Balaban J connectivity index is 1.80. The minimum Gasteiger partial charge on any atom is -0.390 e. The number of ether oxygens (including phenoxy) is 1. The minimum atomic E-state index is -0.599. The molecule has 2 rings (SSSR count). The summed E-state index contributed by atoms with van der Waals surface area (Å²) in [6.07, 6.45) is -0.243. The standard InChI is InChI=1S/C18H27FN2O3/c1-14(11-15-5-3-4-6-17(15)19)18(23)20(2)12-16(22)13-21-7-9-24-10-8-21/h3-6,14,16,22H,7-13H2,1-2H3. The summed E-state index contributed by atoms with van der Waals surface area (Å²) in [5.74, 6) is -0.700. The van der Waals surface area contributed by atoms with Crippen molar-refractivity contribution < 1.29 is 19.0 Å².